The normalized spacial score (nSPS) is 25.4. The number of carboxylic acids is 1. The number of aromatic nitrogens is 4. The molecule has 1 saturated carbocycles. The van der Waals surface area contributed by atoms with E-state index in [0.29, 0.717) is 40.9 Å². The summed E-state index contributed by atoms with van der Waals surface area (Å²) in [5.74, 6) is -1.57. The van der Waals surface area contributed by atoms with E-state index in [1.54, 1.807) is 20.0 Å². The number of likely N-dealkylation sites (tertiary alicyclic amines) is 1. The van der Waals surface area contributed by atoms with E-state index in [9.17, 15) is 24.3 Å². The first-order valence-electron chi connectivity index (χ1n) is 11.3. The Morgan fingerprint density at radius 2 is 2.08 bits per heavy atom. The van der Waals surface area contributed by atoms with E-state index in [1.165, 1.54) is 16.4 Å². The number of β-lactam (4-membered cyclic amide) rings is 1. The predicted octanol–water partition coefficient (Wildman–Crippen LogP) is -4.33. The largest absolute Gasteiger partial charge is 1.00 e. The molecule has 5 rings (SSSR count). The first-order chi connectivity index (χ1) is 16.7. The van der Waals surface area contributed by atoms with E-state index in [0.717, 1.165) is 36.0 Å². The molecule has 3 aliphatic heterocycles. The number of nitrogens with zero attached hydrogens (tertiary/aromatic N) is 6. The van der Waals surface area contributed by atoms with E-state index in [-0.39, 0.29) is 47.1 Å². The maximum Gasteiger partial charge on any atom is 1.00 e. The molecule has 12 nitrogen and oxygen atoms in total. The van der Waals surface area contributed by atoms with Gasteiger partial charge < -0.3 is 20.1 Å². The Kier molecular flexibility index (Phi) is 8.19. The molecule has 1 aromatic heterocycles. The number of nitrogens with one attached hydrogen (secondary N) is 1. The minimum absolute atomic E-state index is 0. The van der Waals surface area contributed by atoms with Gasteiger partial charge in [0, 0.05) is 31.5 Å². The average Bonchev–Trinajstić information content (AvgIpc) is 3.47. The Morgan fingerprint density at radius 1 is 1.33 bits per heavy atom. The third kappa shape index (κ3) is 5.23. The van der Waals surface area contributed by atoms with Crippen LogP contribution < -0.4 is 40.0 Å². The quantitative estimate of drug-likeness (QED) is 0.148. The molecule has 2 saturated heterocycles. The fourth-order valence-electron chi connectivity index (χ4n) is 4.34. The minimum Gasteiger partial charge on any atom is -0.543 e. The van der Waals surface area contributed by atoms with Crippen molar-refractivity contribution in [2.45, 2.75) is 48.0 Å². The SMILES string of the molecule is CC(Sc1nnnn1C)C(=O)NC1C(=O)N2C(C(=O)[O-])=C(/C=C3\CCN(CC4CC4)C3=O)CSC12.[Na+]. The van der Waals surface area contributed by atoms with Crippen LogP contribution in [0.3, 0.4) is 0 Å². The number of amides is 3. The third-order valence-corrected chi connectivity index (χ3v) is 8.89. The number of aliphatic carboxylic acids is 1. The molecule has 1 aromatic rings. The zero-order chi connectivity index (χ0) is 24.9. The molecular formula is C21H24N7NaO5S2. The van der Waals surface area contributed by atoms with Crippen LogP contribution in [-0.4, -0.2) is 89.2 Å². The Hall–Kier alpha value is -1.87. The zero-order valence-corrected chi connectivity index (χ0v) is 23.8. The van der Waals surface area contributed by atoms with Crippen LogP contribution in [0.4, 0.5) is 0 Å². The second-order valence-electron chi connectivity index (χ2n) is 9.02. The summed E-state index contributed by atoms with van der Waals surface area (Å²) in [6.07, 6.45) is 4.44. The summed E-state index contributed by atoms with van der Waals surface area (Å²) in [5.41, 5.74) is 0.720. The molecular weight excluding hydrogens is 517 g/mol. The van der Waals surface area contributed by atoms with Crippen molar-refractivity contribution in [1.29, 1.82) is 0 Å². The number of hydrogen-bond acceptors (Lipinski definition) is 10. The summed E-state index contributed by atoms with van der Waals surface area (Å²) < 4.78 is 1.44. The van der Waals surface area contributed by atoms with Gasteiger partial charge in [0.2, 0.25) is 17.0 Å². The fourth-order valence-corrected chi connectivity index (χ4v) is 6.41. The molecule has 3 amide bonds. The molecule has 4 aliphatic rings. The van der Waals surface area contributed by atoms with Crippen LogP contribution in [0, 0.1) is 5.92 Å². The molecule has 0 spiro atoms. The van der Waals surface area contributed by atoms with Crippen LogP contribution in [0.5, 0.6) is 0 Å². The molecule has 0 aromatic carbocycles. The topological polar surface area (TPSA) is 153 Å². The number of thioether (sulfide) groups is 2. The summed E-state index contributed by atoms with van der Waals surface area (Å²) in [6.45, 7) is 3.04. The van der Waals surface area contributed by atoms with Crippen LogP contribution in [0.25, 0.3) is 0 Å². The molecule has 15 heteroatoms. The third-order valence-electron chi connectivity index (χ3n) is 6.46. The van der Waals surface area contributed by atoms with Crippen molar-refractivity contribution in [2.75, 3.05) is 18.8 Å². The maximum atomic E-state index is 12.9. The van der Waals surface area contributed by atoms with Crippen LogP contribution in [0.1, 0.15) is 26.2 Å². The van der Waals surface area contributed by atoms with E-state index in [1.807, 2.05) is 4.90 Å². The molecule has 1 N–H and O–H groups in total. The first kappa shape index (κ1) is 27.2. The molecule has 3 fully saturated rings. The number of carboxylic acid groups (broad SMARTS) is 1. The zero-order valence-electron chi connectivity index (χ0n) is 20.2. The van der Waals surface area contributed by atoms with Crippen molar-refractivity contribution >= 4 is 47.2 Å². The smallest absolute Gasteiger partial charge is 0.543 e. The Balaban J connectivity index is 0.00000304. The van der Waals surface area contributed by atoms with Crippen molar-refractivity contribution in [3.63, 3.8) is 0 Å². The second-order valence-corrected chi connectivity index (χ2v) is 11.4. The Morgan fingerprint density at radius 3 is 2.72 bits per heavy atom. The van der Waals surface area contributed by atoms with Gasteiger partial charge in [-0.25, -0.2) is 4.68 Å². The number of tetrazole rings is 1. The van der Waals surface area contributed by atoms with Gasteiger partial charge in [0.25, 0.3) is 5.91 Å². The van der Waals surface area contributed by atoms with Gasteiger partial charge in [-0.1, -0.05) is 11.8 Å². The van der Waals surface area contributed by atoms with Gasteiger partial charge >= 0.3 is 29.6 Å². The van der Waals surface area contributed by atoms with Crippen molar-refractivity contribution < 1.29 is 53.8 Å². The summed E-state index contributed by atoms with van der Waals surface area (Å²) in [4.78, 5) is 53.3. The Labute approximate surface area is 237 Å². The van der Waals surface area contributed by atoms with Gasteiger partial charge in [0.1, 0.15) is 11.4 Å². The molecule has 36 heavy (non-hydrogen) atoms. The second kappa shape index (κ2) is 10.9. The van der Waals surface area contributed by atoms with Crippen molar-refractivity contribution in [3.05, 3.63) is 22.9 Å². The maximum absolute atomic E-state index is 12.9. The van der Waals surface area contributed by atoms with E-state index < -0.39 is 28.5 Å². The van der Waals surface area contributed by atoms with Gasteiger partial charge in [-0.3, -0.25) is 19.3 Å². The van der Waals surface area contributed by atoms with E-state index >= 15 is 0 Å². The molecule has 1 aliphatic carbocycles. The summed E-state index contributed by atoms with van der Waals surface area (Å²) in [5, 5.41) is 25.1. The summed E-state index contributed by atoms with van der Waals surface area (Å²) >= 11 is 2.50. The summed E-state index contributed by atoms with van der Waals surface area (Å²) in [7, 11) is 1.66. The first-order valence-corrected chi connectivity index (χ1v) is 13.3. The van der Waals surface area contributed by atoms with Crippen LogP contribution >= 0.6 is 23.5 Å². The van der Waals surface area contributed by atoms with Gasteiger partial charge in [0.15, 0.2) is 0 Å². The number of carbonyl (C=O) groups is 4. The van der Waals surface area contributed by atoms with Crippen molar-refractivity contribution in [2.24, 2.45) is 13.0 Å². The van der Waals surface area contributed by atoms with Crippen LogP contribution in [0.2, 0.25) is 0 Å². The van der Waals surface area contributed by atoms with Crippen LogP contribution in [-0.2, 0) is 26.2 Å². The number of hydrogen-bond donors (Lipinski definition) is 1. The molecule has 3 atom stereocenters. The van der Waals surface area contributed by atoms with Crippen molar-refractivity contribution in [1.82, 2.24) is 35.3 Å². The summed E-state index contributed by atoms with van der Waals surface area (Å²) in [6, 6.07) is -0.848. The molecule has 186 valence electrons. The van der Waals surface area contributed by atoms with Gasteiger partial charge in [0.05, 0.1) is 16.9 Å². The van der Waals surface area contributed by atoms with E-state index in [4.69, 9.17) is 0 Å². The molecule has 4 heterocycles. The standard InChI is InChI=1S/C21H25N7O5S2.Na/c1-10(35-21-23-24-25-26(21)2)16(29)22-14-18(31)28-15(20(32)33)13(9-34-19(14)28)7-12-5-6-27(17(12)30)8-11-3-4-11;/h7,10-11,14,19H,3-6,8-9H2,1-2H3,(H,22,29)(H,32,33);/q;+1/p-1/b12-7+;. The monoisotopic (exact) mass is 541 g/mol. The fraction of sp³-hybridized carbons (Fsp3) is 0.571. The average molecular weight is 542 g/mol. The van der Waals surface area contributed by atoms with Gasteiger partial charge in [-0.15, -0.1) is 16.9 Å². The molecule has 3 unspecified atom stereocenters. The number of aryl methyl sites for hydroxylation is 1. The number of allylic oxidation sites excluding steroid dienone is 1. The molecule has 0 bridgehead atoms. The van der Waals surface area contributed by atoms with E-state index in [2.05, 4.69) is 20.8 Å². The van der Waals surface area contributed by atoms with Gasteiger partial charge in [-0.05, 0) is 54.2 Å². The number of fused-ring (bicyclic) bond motifs is 1. The Bertz CT molecular complexity index is 1170. The number of carbonyl (C=O) groups excluding carboxylic acids is 4. The van der Waals surface area contributed by atoms with Crippen molar-refractivity contribution in [3.8, 4) is 0 Å². The molecule has 0 radical (unpaired) electrons. The van der Waals surface area contributed by atoms with Gasteiger partial charge in [-0.2, -0.15) is 0 Å². The number of rotatable bonds is 8. The van der Waals surface area contributed by atoms with Crippen LogP contribution in [0.15, 0.2) is 28.1 Å². The minimum atomic E-state index is -1.47. The predicted molar refractivity (Wildman–Crippen MR) is 123 cm³/mol.